The lowest BCUT2D eigenvalue weighted by atomic mass is 9.90. The first kappa shape index (κ1) is 20.7. The minimum atomic E-state index is -1.41. The molecule has 27 heavy (non-hydrogen) atoms. The molecule has 5 atom stereocenters. The maximum absolute atomic E-state index is 11.6. The van der Waals surface area contributed by atoms with Gasteiger partial charge in [-0.25, -0.2) is 0 Å². The smallest absolute Gasteiger partial charge is 0.303 e. The van der Waals surface area contributed by atoms with E-state index in [0.717, 1.165) is 6.92 Å². The van der Waals surface area contributed by atoms with Gasteiger partial charge in [-0.2, -0.15) is 0 Å². The number of hydrogen-bond donors (Lipinski definition) is 2. The van der Waals surface area contributed by atoms with Gasteiger partial charge in [0.15, 0.2) is 12.2 Å². The van der Waals surface area contributed by atoms with Crippen LogP contribution in [0.4, 0.5) is 0 Å². The summed E-state index contributed by atoms with van der Waals surface area (Å²) < 4.78 is 21.2. The molecule has 0 aliphatic carbocycles. The van der Waals surface area contributed by atoms with Crippen LogP contribution in [-0.2, 0) is 33.3 Å². The fraction of sp³-hybridized carbons (Fsp3) is 0.500. The number of benzene rings is 1. The molecule has 1 saturated heterocycles. The van der Waals surface area contributed by atoms with Crippen LogP contribution in [0.1, 0.15) is 32.4 Å². The maximum atomic E-state index is 11.6. The summed E-state index contributed by atoms with van der Waals surface area (Å²) in [5, 5.41) is 20.3. The van der Waals surface area contributed by atoms with Crippen molar-refractivity contribution in [2.75, 3.05) is 6.61 Å². The van der Waals surface area contributed by atoms with E-state index in [1.54, 1.807) is 12.1 Å². The van der Waals surface area contributed by atoms with Gasteiger partial charge in [-0.3, -0.25) is 14.4 Å². The molecule has 1 aliphatic heterocycles. The molecule has 2 N–H and O–H groups in total. The molecular formula is C18H22O9. The third kappa shape index (κ3) is 5.41. The molecule has 0 bridgehead atoms. The van der Waals surface area contributed by atoms with E-state index in [1.807, 2.05) is 0 Å². The molecular weight excluding hydrogens is 360 g/mol. The highest BCUT2D eigenvalue weighted by Gasteiger charge is 2.50. The Kier molecular flexibility index (Phi) is 6.75. The van der Waals surface area contributed by atoms with Gasteiger partial charge < -0.3 is 29.2 Å². The maximum Gasteiger partial charge on any atom is 0.303 e. The molecule has 1 aromatic rings. The Balaban J connectivity index is 2.41. The Bertz CT molecular complexity index is 702. The molecule has 9 nitrogen and oxygen atoms in total. The summed E-state index contributed by atoms with van der Waals surface area (Å²) in [6, 6.07) is 6.02. The number of aliphatic hydroxyl groups is 1. The normalized spacial score (nSPS) is 27.5. The Morgan fingerprint density at radius 2 is 1.67 bits per heavy atom. The molecule has 2 rings (SSSR count). The third-order valence-corrected chi connectivity index (χ3v) is 3.91. The van der Waals surface area contributed by atoms with Gasteiger partial charge >= 0.3 is 17.9 Å². The van der Waals surface area contributed by atoms with Crippen LogP contribution in [0.25, 0.3) is 0 Å². The van der Waals surface area contributed by atoms with Crippen molar-refractivity contribution in [3.8, 4) is 5.75 Å². The topological polar surface area (TPSA) is 129 Å². The van der Waals surface area contributed by atoms with Crippen LogP contribution in [0.3, 0.4) is 0 Å². The van der Waals surface area contributed by atoms with Crippen molar-refractivity contribution in [3.63, 3.8) is 0 Å². The summed E-state index contributed by atoms with van der Waals surface area (Å²) >= 11 is 0. The van der Waals surface area contributed by atoms with Crippen molar-refractivity contribution < 1.29 is 43.5 Å². The summed E-state index contributed by atoms with van der Waals surface area (Å²) in [5.74, 6) is -1.99. The van der Waals surface area contributed by atoms with Crippen LogP contribution < -0.4 is 0 Å². The molecule has 0 amide bonds. The number of aliphatic hydroxyl groups excluding tert-OH is 1. The summed E-state index contributed by atoms with van der Waals surface area (Å²) in [5.41, 5.74) is 0.429. The molecule has 1 fully saturated rings. The zero-order valence-electron chi connectivity index (χ0n) is 15.2. The SMILES string of the molecule is CC(=O)OC[C@H]1O[C@H](c2cccc(O)c2)[C@@H](OC(C)=O)[C@@H](OC(C)=O)[C@@H]1O. The monoisotopic (exact) mass is 382 g/mol. The van der Waals surface area contributed by atoms with Crippen molar-refractivity contribution in [1.82, 2.24) is 0 Å². The van der Waals surface area contributed by atoms with E-state index in [9.17, 15) is 24.6 Å². The molecule has 0 aromatic heterocycles. The molecule has 1 heterocycles. The van der Waals surface area contributed by atoms with Gasteiger partial charge in [0.2, 0.25) is 0 Å². The number of carbonyl (C=O) groups excluding carboxylic acids is 3. The fourth-order valence-electron chi connectivity index (χ4n) is 2.88. The van der Waals surface area contributed by atoms with Gasteiger partial charge in [-0.15, -0.1) is 0 Å². The molecule has 148 valence electrons. The highest BCUT2D eigenvalue weighted by atomic mass is 16.6. The second kappa shape index (κ2) is 8.83. The Hall–Kier alpha value is -2.65. The Labute approximate surface area is 155 Å². The molecule has 1 aliphatic rings. The Morgan fingerprint density at radius 1 is 1.04 bits per heavy atom. The van der Waals surface area contributed by atoms with Gasteiger partial charge in [-0.05, 0) is 17.7 Å². The van der Waals surface area contributed by atoms with Crippen LogP contribution in [0.5, 0.6) is 5.75 Å². The molecule has 0 spiro atoms. The predicted octanol–water partition coefficient (Wildman–Crippen LogP) is 0.619. The average Bonchev–Trinajstić information content (AvgIpc) is 2.56. The van der Waals surface area contributed by atoms with E-state index in [2.05, 4.69) is 0 Å². The van der Waals surface area contributed by atoms with Gasteiger partial charge in [0.1, 0.15) is 30.7 Å². The number of carbonyl (C=O) groups is 3. The minimum Gasteiger partial charge on any atom is -0.508 e. The van der Waals surface area contributed by atoms with E-state index in [4.69, 9.17) is 18.9 Å². The van der Waals surface area contributed by atoms with Crippen LogP contribution in [-0.4, -0.2) is 59.1 Å². The average molecular weight is 382 g/mol. The van der Waals surface area contributed by atoms with Crippen molar-refractivity contribution >= 4 is 17.9 Å². The van der Waals surface area contributed by atoms with Crippen LogP contribution in [0, 0.1) is 0 Å². The number of ether oxygens (including phenoxy) is 4. The van der Waals surface area contributed by atoms with Crippen molar-refractivity contribution in [2.24, 2.45) is 0 Å². The van der Waals surface area contributed by atoms with Crippen molar-refractivity contribution in [3.05, 3.63) is 29.8 Å². The van der Waals surface area contributed by atoms with Gasteiger partial charge in [0.25, 0.3) is 0 Å². The molecule has 0 radical (unpaired) electrons. The minimum absolute atomic E-state index is 0.0515. The lowest BCUT2D eigenvalue weighted by Crippen LogP contribution is -2.58. The second-order valence-electron chi connectivity index (χ2n) is 6.13. The van der Waals surface area contributed by atoms with Crippen molar-refractivity contribution in [1.29, 1.82) is 0 Å². The zero-order chi connectivity index (χ0) is 20.1. The summed E-state index contributed by atoms with van der Waals surface area (Å²) in [7, 11) is 0. The first-order chi connectivity index (χ1) is 12.7. The first-order valence-corrected chi connectivity index (χ1v) is 8.29. The molecule has 1 aromatic carbocycles. The van der Waals surface area contributed by atoms with Gasteiger partial charge in [0, 0.05) is 20.8 Å². The number of phenolic OH excluding ortho intramolecular Hbond substituents is 1. The quantitative estimate of drug-likeness (QED) is 0.556. The van der Waals surface area contributed by atoms with Crippen LogP contribution >= 0.6 is 0 Å². The molecule has 9 heteroatoms. The summed E-state index contributed by atoms with van der Waals surface area (Å²) in [6.45, 7) is 3.22. The predicted molar refractivity (Wildman–Crippen MR) is 89.5 cm³/mol. The van der Waals surface area contributed by atoms with E-state index in [1.165, 1.54) is 26.0 Å². The van der Waals surface area contributed by atoms with Crippen molar-refractivity contribution in [2.45, 2.75) is 51.3 Å². The largest absolute Gasteiger partial charge is 0.508 e. The summed E-state index contributed by atoms with van der Waals surface area (Å²) in [4.78, 5) is 34.2. The highest BCUT2D eigenvalue weighted by molar-refractivity contribution is 5.67. The highest BCUT2D eigenvalue weighted by Crippen LogP contribution is 2.37. The molecule has 0 saturated carbocycles. The van der Waals surface area contributed by atoms with Gasteiger partial charge in [0.05, 0.1) is 0 Å². The lowest BCUT2D eigenvalue weighted by Gasteiger charge is -2.43. The number of esters is 3. The number of hydrogen-bond acceptors (Lipinski definition) is 9. The Morgan fingerprint density at radius 3 is 2.22 bits per heavy atom. The summed E-state index contributed by atoms with van der Waals surface area (Å²) in [6.07, 6.45) is -5.86. The standard InChI is InChI=1S/C18H22O9/c1-9(19)24-8-14-15(23)17(25-10(2)20)18(26-11(3)21)16(27-14)12-5-4-6-13(22)7-12/h4-7,14-18,22-23H,8H2,1-3H3/t14-,15-,16-,17+,18-/m1/s1. The number of aromatic hydroxyl groups is 1. The first-order valence-electron chi connectivity index (χ1n) is 8.29. The van der Waals surface area contributed by atoms with Crippen LogP contribution in [0.2, 0.25) is 0 Å². The lowest BCUT2D eigenvalue weighted by molar-refractivity contribution is -0.249. The fourth-order valence-corrected chi connectivity index (χ4v) is 2.88. The second-order valence-corrected chi connectivity index (χ2v) is 6.13. The van der Waals surface area contributed by atoms with E-state index >= 15 is 0 Å². The van der Waals surface area contributed by atoms with E-state index in [-0.39, 0.29) is 12.4 Å². The zero-order valence-corrected chi connectivity index (χ0v) is 15.2. The number of phenols is 1. The molecule has 0 unspecified atom stereocenters. The van der Waals surface area contributed by atoms with Gasteiger partial charge in [-0.1, -0.05) is 12.1 Å². The third-order valence-electron chi connectivity index (χ3n) is 3.91. The van der Waals surface area contributed by atoms with E-state index < -0.39 is 48.4 Å². The van der Waals surface area contributed by atoms with Crippen LogP contribution in [0.15, 0.2) is 24.3 Å². The van der Waals surface area contributed by atoms with E-state index in [0.29, 0.717) is 5.56 Å². The number of rotatable bonds is 5.